The van der Waals surface area contributed by atoms with Crippen LogP contribution in [0, 0.1) is 5.82 Å². The van der Waals surface area contributed by atoms with E-state index in [1.54, 1.807) is 6.92 Å². The summed E-state index contributed by atoms with van der Waals surface area (Å²) in [5.41, 5.74) is -0.552. The molecule has 0 aromatic heterocycles. The molecular formula is C15H18ClFN2O5S. The van der Waals surface area contributed by atoms with Crippen LogP contribution in [0.4, 0.5) is 4.39 Å². The van der Waals surface area contributed by atoms with Gasteiger partial charge in [-0.05, 0) is 19.1 Å². The summed E-state index contributed by atoms with van der Waals surface area (Å²) in [6.07, 6.45) is 0. The number of rotatable bonds is 3. The summed E-state index contributed by atoms with van der Waals surface area (Å²) in [6.45, 7) is 3.43. The Morgan fingerprint density at radius 2 is 1.96 bits per heavy atom. The van der Waals surface area contributed by atoms with Crippen molar-refractivity contribution < 1.29 is 27.1 Å². The highest BCUT2D eigenvalue weighted by molar-refractivity contribution is 7.89. The van der Waals surface area contributed by atoms with Crippen molar-refractivity contribution in [1.29, 1.82) is 0 Å². The minimum Gasteiger partial charge on any atom is -0.465 e. The van der Waals surface area contributed by atoms with Crippen molar-refractivity contribution in [3.63, 3.8) is 0 Å². The lowest BCUT2D eigenvalue weighted by molar-refractivity contribution is -0.130. The molecule has 1 aliphatic rings. The minimum atomic E-state index is -4.25. The van der Waals surface area contributed by atoms with Crippen molar-refractivity contribution in [2.45, 2.75) is 24.8 Å². The normalized spacial score (nSPS) is 18.9. The van der Waals surface area contributed by atoms with Crippen LogP contribution < -0.4 is 0 Å². The van der Waals surface area contributed by atoms with Gasteiger partial charge in [-0.15, -0.1) is 0 Å². The predicted octanol–water partition coefficient (Wildman–Crippen LogP) is 1.51. The number of hydrogen-bond donors (Lipinski definition) is 0. The second-order valence-electron chi connectivity index (χ2n) is 5.69. The van der Waals surface area contributed by atoms with E-state index in [4.69, 9.17) is 11.6 Å². The Kier molecular flexibility index (Phi) is 5.70. The number of carbonyl (C=O) groups is 2. The van der Waals surface area contributed by atoms with Gasteiger partial charge in [-0.25, -0.2) is 17.6 Å². The Morgan fingerprint density at radius 1 is 1.32 bits per heavy atom. The van der Waals surface area contributed by atoms with Gasteiger partial charge in [0, 0.05) is 37.6 Å². The maximum absolute atomic E-state index is 14.6. The average Bonchev–Trinajstić information content (AvgIpc) is 2.55. The van der Waals surface area contributed by atoms with Gasteiger partial charge in [-0.1, -0.05) is 11.6 Å². The summed E-state index contributed by atoms with van der Waals surface area (Å²) in [6, 6.07) is 1.42. The second kappa shape index (κ2) is 7.27. The molecule has 10 heteroatoms. The third-order valence-corrected chi connectivity index (χ3v) is 6.24. The third kappa shape index (κ3) is 3.78. The number of nitrogens with zero attached hydrogens (tertiary/aromatic N) is 2. The summed E-state index contributed by atoms with van der Waals surface area (Å²) >= 11 is 5.86. The molecule has 0 radical (unpaired) electrons. The van der Waals surface area contributed by atoms with E-state index in [0.29, 0.717) is 0 Å². The largest absolute Gasteiger partial charge is 0.465 e. The fourth-order valence-electron chi connectivity index (χ4n) is 2.72. The smallest absolute Gasteiger partial charge is 0.340 e. The standard InChI is InChI=1S/C15H18ClFN2O5S/c1-9-8-18(10(2)20)4-5-19(9)25(22,23)13-7-11(16)6-12(14(13)17)15(21)24-3/h6-7,9H,4-5,8H2,1-3H3/t9-/m1/s1. The van der Waals surface area contributed by atoms with Gasteiger partial charge in [0.2, 0.25) is 15.9 Å². The van der Waals surface area contributed by atoms with Crippen LogP contribution in [-0.2, 0) is 19.6 Å². The zero-order chi connectivity index (χ0) is 18.9. The van der Waals surface area contributed by atoms with E-state index in [1.165, 1.54) is 11.8 Å². The van der Waals surface area contributed by atoms with E-state index in [9.17, 15) is 22.4 Å². The molecule has 0 bridgehead atoms. The molecule has 1 fully saturated rings. The van der Waals surface area contributed by atoms with Crippen molar-refractivity contribution in [2.24, 2.45) is 0 Å². The monoisotopic (exact) mass is 392 g/mol. The highest BCUT2D eigenvalue weighted by atomic mass is 35.5. The number of benzene rings is 1. The lowest BCUT2D eigenvalue weighted by Gasteiger charge is -2.38. The molecule has 1 amide bonds. The Labute approximate surface area is 150 Å². The van der Waals surface area contributed by atoms with E-state index < -0.39 is 38.3 Å². The van der Waals surface area contributed by atoms with Gasteiger partial charge < -0.3 is 9.64 Å². The van der Waals surface area contributed by atoms with Gasteiger partial charge in [-0.2, -0.15) is 4.31 Å². The highest BCUT2D eigenvalue weighted by Crippen LogP contribution is 2.29. The summed E-state index contributed by atoms with van der Waals surface area (Å²) in [5, 5.41) is -0.101. The molecule has 0 N–H and O–H groups in total. The van der Waals surface area contributed by atoms with Crippen molar-refractivity contribution in [3.05, 3.63) is 28.5 Å². The van der Waals surface area contributed by atoms with Crippen LogP contribution in [0.5, 0.6) is 0 Å². The molecule has 1 atom stereocenters. The zero-order valence-electron chi connectivity index (χ0n) is 14.0. The van der Waals surface area contributed by atoms with Gasteiger partial charge in [0.15, 0.2) is 5.82 Å². The Morgan fingerprint density at radius 3 is 2.48 bits per heavy atom. The van der Waals surface area contributed by atoms with Crippen LogP contribution in [0.3, 0.4) is 0 Å². The van der Waals surface area contributed by atoms with E-state index >= 15 is 0 Å². The number of sulfonamides is 1. The Balaban J connectivity index is 2.45. The third-order valence-electron chi connectivity index (χ3n) is 4.01. The molecule has 1 aromatic carbocycles. The fraction of sp³-hybridized carbons (Fsp3) is 0.467. The SMILES string of the molecule is COC(=O)c1cc(Cl)cc(S(=O)(=O)N2CCN(C(C)=O)C[C@H]2C)c1F. The molecule has 0 spiro atoms. The van der Waals surface area contributed by atoms with Gasteiger partial charge in [0.25, 0.3) is 0 Å². The van der Waals surface area contributed by atoms with Gasteiger partial charge in [-0.3, -0.25) is 4.79 Å². The zero-order valence-corrected chi connectivity index (χ0v) is 15.5. The average molecular weight is 393 g/mol. The van der Waals surface area contributed by atoms with Gasteiger partial charge in [0.05, 0.1) is 12.7 Å². The van der Waals surface area contributed by atoms with Crippen molar-refractivity contribution >= 4 is 33.5 Å². The first-order valence-corrected chi connectivity index (χ1v) is 9.26. The minimum absolute atomic E-state index is 0.0165. The van der Waals surface area contributed by atoms with Gasteiger partial charge >= 0.3 is 5.97 Å². The van der Waals surface area contributed by atoms with Crippen LogP contribution >= 0.6 is 11.6 Å². The maximum atomic E-state index is 14.6. The van der Waals surface area contributed by atoms with E-state index in [0.717, 1.165) is 23.5 Å². The molecule has 0 unspecified atom stereocenters. The van der Waals surface area contributed by atoms with E-state index in [2.05, 4.69) is 4.74 Å². The summed E-state index contributed by atoms with van der Waals surface area (Å²) in [5.74, 6) is -2.39. The maximum Gasteiger partial charge on any atom is 0.340 e. The molecule has 7 nitrogen and oxygen atoms in total. The Bertz CT molecular complexity index is 814. The van der Waals surface area contributed by atoms with E-state index in [1.807, 2.05) is 0 Å². The van der Waals surface area contributed by atoms with Crippen LogP contribution in [0.15, 0.2) is 17.0 Å². The molecule has 0 aliphatic carbocycles. The van der Waals surface area contributed by atoms with Crippen molar-refractivity contribution in [2.75, 3.05) is 26.7 Å². The molecule has 1 aliphatic heterocycles. The number of esters is 1. The van der Waals surface area contributed by atoms with Crippen LogP contribution in [0.25, 0.3) is 0 Å². The molecule has 2 rings (SSSR count). The van der Waals surface area contributed by atoms with Crippen LogP contribution in [0.2, 0.25) is 5.02 Å². The number of methoxy groups -OCH3 is 1. The molecule has 1 heterocycles. The first-order valence-electron chi connectivity index (χ1n) is 7.44. The first kappa shape index (κ1) is 19.6. The lowest BCUT2D eigenvalue weighted by atomic mass is 10.2. The fourth-order valence-corrected chi connectivity index (χ4v) is 4.73. The van der Waals surface area contributed by atoms with Gasteiger partial charge in [0.1, 0.15) is 4.90 Å². The highest BCUT2D eigenvalue weighted by Gasteiger charge is 2.37. The summed E-state index contributed by atoms with van der Waals surface area (Å²) < 4.78 is 46.0. The number of halogens is 2. The number of piperazine rings is 1. The summed E-state index contributed by atoms with van der Waals surface area (Å²) in [7, 11) is -3.19. The number of hydrogen-bond acceptors (Lipinski definition) is 5. The van der Waals surface area contributed by atoms with Crippen molar-refractivity contribution in [3.8, 4) is 0 Å². The Hall–Kier alpha value is -1.71. The molecule has 1 aromatic rings. The lowest BCUT2D eigenvalue weighted by Crippen LogP contribution is -2.55. The molecule has 0 saturated carbocycles. The molecule has 25 heavy (non-hydrogen) atoms. The number of amides is 1. The first-order chi connectivity index (χ1) is 11.6. The van der Waals surface area contributed by atoms with Crippen LogP contribution in [-0.4, -0.2) is 62.3 Å². The summed E-state index contributed by atoms with van der Waals surface area (Å²) in [4.78, 5) is 23.9. The number of ether oxygens (including phenoxy) is 1. The predicted molar refractivity (Wildman–Crippen MR) is 88.4 cm³/mol. The molecule has 138 valence electrons. The quantitative estimate of drug-likeness (QED) is 0.728. The topological polar surface area (TPSA) is 84.0 Å². The molecular weight excluding hydrogens is 375 g/mol. The van der Waals surface area contributed by atoms with Crippen LogP contribution in [0.1, 0.15) is 24.2 Å². The van der Waals surface area contributed by atoms with Crippen molar-refractivity contribution in [1.82, 2.24) is 9.21 Å². The second-order valence-corrected chi connectivity index (χ2v) is 7.98. The number of carbonyl (C=O) groups excluding carboxylic acids is 2. The molecule has 1 saturated heterocycles. The van der Waals surface area contributed by atoms with E-state index in [-0.39, 0.29) is 30.6 Å².